The van der Waals surface area contributed by atoms with Gasteiger partial charge in [-0.2, -0.15) is 0 Å². The maximum Gasteiger partial charge on any atom is 0.227 e. The van der Waals surface area contributed by atoms with Crippen LogP contribution >= 0.6 is 0 Å². The average molecular weight is 308 g/mol. The average Bonchev–Trinajstić information content (AvgIpc) is 2.57. The molecule has 1 fully saturated rings. The summed E-state index contributed by atoms with van der Waals surface area (Å²) in [6, 6.07) is 18.5. The smallest absolute Gasteiger partial charge is 0.227 e. The SMILES string of the molecule is NC1CCCC(C(=O)Nc2ccccc2Cc2ccccc2)C1. The number of hydrogen-bond donors (Lipinski definition) is 2. The van der Waals surface area contributed by atoms with Gasteiger partial charge in [0.25, 0.3) is 0 Å². The minimum Gasteiger partial charge on any atom is -0.328 e. The molecule has 0 aliphatic heterocycles. The van der Waals surface area contributed by atoms with Gasteiger partial charge < -0.3 is 11.1 Å². The fourth-order valence-electron chi connectivity index (χ4n) is 3.31. The summed E-state index contributed by atoms with van der Waals surface area (Å²) in [4.78, 5) is 12.6. The van der Waals surface area contributed by atoms with E-state index in [9.17, 15) is 4.79 Å². The molecule has 0 spiro atoms. The molecule has 3 N–H and O–H groups in total. The van der Waals surface area contributed by atoms with Crippen molar-refractivity contribution in [3.05, 3.63) is 65.7 Å². The maximum absolute atomic E-state index is 12.6. The molecule has 2 atom stereocenters. The Kier molecular flexibility index (Phi) is 5.09. The first-order valence-electron chi connectivity index (χ1n) is 8.40. The molecular weight excluding hydrogens is 284 g/mol. The zero-order valence-corrected chi connectivity index (χ0v) is 13.4. The predicted octanol–water partition coefficient (Wildman–Crippen LogP) is 3.73. The maximum atomic E-state index is 12.6. The topological polar surface area (TPSA) is 55.1 Å². The Morgan fingerprint density at radius 3 is 2.57 bits per heavy atom. The Hall–Kier alpha value is -2.13. The van der Waals surface area contributed by atoms with E-state index in [1.165, 1.54) is 5.56 Å². The molecule has 23 heavy (non-hydrogen) atoms. The minimum absolute atomic E-state index is 0.0449. The number of amides is 1. The van der Waals surface area contributed by atoms with Crippen LogP contribution in [0.15, 0.2) is 54.6 Å². The van der Waals surface area contributed by atoms with Crippen molar-refractivity contribution in [1.29, 1.82) is 0 Å². The highest BCUT2D eigenvalue weighted by Crippen LogP contribution is 2.26. The highest BCUT2D eigenvalue weighted by Gasteiger charge is 2.25. The van der Waals surface area contributed by atoms with Crippen LogP contribution in [-0.2, 0) is 11.2 Å². The van der Waals surface area contributed by atoms with Gasteiger partial charge in [-0.1, -0.05) is 55.0 Å². The van der Waals surface area contributed by atoms with Gasteiger partial charge in [0.1, 0.15) is 0 Å². The fraction of sp³-hybridized carbons (Fsp3) is 0.350. The standard InChI is InChI=1S/C20H24N2O/c21-18-11-6-10-17(14-18)20(23)22-19-12-5-4-9-16(19)13-15-7-2-1-3-8-15/h1-5,7-9,12,17-18H,6,10-11,13-14,21H2,(H,22,23). The summed E-state index contributed by atoms with van der Waals surface area (Å²) >= 11 is 0. The minimum atomic E-state index is 0.0449. The van der Waals surface area contributed by atoms with Crippen LogP contribution in [0.5, 0.6) is 0 Å². The largest absolute Gasteiger partial charge is 0.328 e. The number of para-hydroxylation sites is 1. The monoisotopic (exact) mass is 308 g/mol. The summed E-state index contributed by atoms with van der Waals surface area (Å²) in [5, 5.41) is 3.13. The lowest BCUT2D eigenvalue weighted by Gasteiger charge is -2.26. The first kappa shape index (κ1) is 15.8. The van der Waals surface area contributed by atoms with Gasteiger partial charge in [0, 0.05) is 17.6 Å². The van der Waals surface area contributed by atoms with Gasteiger partial charge in [0.2, 0.25) is 5.91 Å². The molecule has 2 aromatic carbocycles. The lowest BCUT2D eigenvalue weighted by molar-refractivity contribution is -0.120. The van der Waals surface area contributed by atoms with E-state index >= 15 is 0 Å². The molecule has 1 aliphatic rings. The van der Waals surface area contributed by atoms with Crippen molar-refractivity contribution in [1.82, 2.24) is 0 Å². The van der Waals surface area contributed by atoms with Gasteiger partial charge in [-0.05, 0) is 42.9 Å². The summed E-state index contributed by atoms with van der Waals surface area (Å²) in [6.07, 6.45) is 4.65. The third kappa shape index (κ3) is 4.20. The van der Waals surface area contributed by atoms with Gasteiger partial charge in [-0.25, -0.2) is 0 Å². The van der Waals surface area contributed by atoms with Crippen molar-refractivity contribution in [3.8, 4) is 0 Å². The van der Waals surface area contributed by atoms with E-state index in [-0.39, 0.29) is 17.9 Å². The van der Waals surface area contributed by atoms with Crippen LogP contribution in [0, 0.1) is 5.92 Å². The summed E-state index contributed by atoms with van der Waals surface area (Å²) in [5.41, 5.74) is 9.32. The van der Waals surface area contributed by atoms with E-state index in [0.717, 1.165) is 43.4 Å². The van der Waals surface area contributed by atoms with E-state index in [1.54, 1.807) is 0 Å². The van der Waals surface area contributed by atoms with Crippen molar-refractivity contribution in [3.63, 3.8) is 0 Å². The van der Waals surface area contributed by atoms with Crippen LogP contribution in [0.2, 0.25) is 0 Å². The highest BCUT2D eigenvalue weighted by molar-refractivity contribution is 5.93. The number of nitrogens with one attached hydrogen (secondary N) is 1. The number of anilines is 1. The number of nitrogens with two attached hydrogens (primary N) is 1. The van der Waals surface area contributed by atoms with Crippen molar-refractivity contribution >= 4 is 11.6 Å². The molecule has 0 saturated heterocycles. The molecule has 1 saturated carbocycles. The zero-order valence-electron chi connectivity index (χ0n) is 13.4. The molecule has 120 valence electrons. The number of rotatable bonds is 4. The first-order chi connectivity index (χ1) is 11.2. The Morgan fingerprint density at radius 1 is 1.04 bits per heavy atom. The molecule has 0 heterocycles. The predicted molar refractivity (Wildman–Crippen MR) is 94.3 cm³/mol. The Morgan fingerprint density at radius 2 is 1.78 bits per heavy atom. The molecule has 0 radical (unpaired) electrons. The molecule has 3 heteroatoms. The lowest BCUT2D eigenvalue weighted by atomic mass is 9.85. The molecule has 1 aliphatic carbocycles. The highest BCUT2D eigenvalue weighted by atomic mass is 16.1. The van der Waals surface area contributed by atoms with E-state index in [1.807, 2.05) is 36.4 Å². The summed E-state index contributed by atoms with van der Waals surface area (Å²) in [7, 11) is 0. The third-order valence-electron chi connectivity index (χ3n) is 4.60. The molecule has 1 amide bonds. The second-order valence-electron chi connectivity index (χ2n) is 6.43. The molecule has 2 unspecified atom stereocenters. The molecule has 0 bridgehead atoms. The van der Waals surface area contributed by atoms with Crippen molar-refractivity contribution < 1.29 is 4.79 Å². The number of carbonyl (C=O) groups excluding carboxylic acids is 1. The molecular formula is C20H24N2O. The molecule has 2 aromatic rings. The quantitative estimate of drug-likeness (QED) is 0.904. The van der Waals surface area contributed by atoms with Crippen molar-refractivity contribution in [2.75, 3.05) is 5.32 Å². The Balaban J connectivity index is 1.71. The van der Waals surface area contributed by atoms with E-state index < -0.39 is 0 Å². The fourth-order valence-corrected chi connectivity index (χ4v) is 3.31. The van der Waals surface area contributed by atoms with E-state index in [2.05, 4.69) is 23.5 Å². The van der Waals surface area contributed by atoms with Crippen LogP contribution in [0.25, 0.3) is 0 Å². The van der Waals surface area contributed by atoms with E-state index in [0.29, 0.717) is 0 Å². The van der Waals surface area contributed by atoms with Crippen LogP contribution in [-0.4, -0.2) is 11.9 Å². The first-order valence-corrected chi connectivity index (χ1v) is 8.40. The van der Waals surface area contributed by atoms with Crippen molar-refractivity contribution in [2.45, 2.75) is 38.1 Å². The lowest BCUT2D eigenvalue weighted by Crippen LogP contribution is -2.34. The summed E-state index contributed by atoms with van der Waals surface area (Å²) in [6.45, 7) is 0. The summed E-state index contributed by atoms with van der Waals surface area (Å²) in [5.74, 6) is 0.157. The summed E-state index contributed by atoms with van der Waals surface area (Å²) < 4.78 is 0. The number of carbonyl (C=O) groups is 1. The van der Waals surface area contributed by atoms with Gasteiger partial charge in [0.05, 0.1) is 0 Å². The van der Waals surface area contributed by atoms with Crippen LogP contribution in [0.4, 0.5) is 5.69 Å². The second kappa shape index (κ2) is 7.42. The Bertz CT molecular complexity index is 654. The van der Waals surface area contributed by atoms with Crippen LogP contribution in [0.1, 0.15) is 36.8 Å². The zero-order chi connectivity index (χ0) is 16.1. The van der Waals surface area contributed by atoms with Gasteiger partial charge in [-0.15, -0.1) is 0 Å². The van der Waals surface area contributed by atoms with Crippen LogP contribution in [0.3, 0.4) is 0 Å². The molecule has 3 rings (SSSR count). The number of hydrogen-bond acceptors (Lipinski definition) is 2. The van der Waals surface area contributed by atoms with Crippen molar-refractivity contribution in [2.24, 2.45) is 11.7 Å². The normalized spacial score (nSPS) is 20.9. The van der Waals surface area contributed by atoms with Gasteiger partial charge in [0.15, 0.2) is 0 Å². The van der Waals surface area contributed by atoms with Crippen LogP contribution < -0.4 is 11.1 Å². The van der Waals surface area contributed by atoms with Gasteiger partial charge in [-0.3, -0.25) is 4.79 Å². The second-order valence-corrected chi connectivity index (χ2v) is 6.43. The van der Waals surface area contributed by atoms with Gasteiger partial charge >= 0.3 is 0 Å². The third-order valence-corrected chi connectivity index (χ3v) is 4.60. The van der Waals surface area contributed by atoms with E-state index in [4.69, 9.17) is 5.73 Å². The Labute approximate surface area is 137 Å². The molecule has 3 nitrogen and oxygen atoms in total. The molecule has 0 aromatic heterocycles. The number of benzene rings is 2.